The first-order chi connectivity index (χ1) is 7.74. The number of rotatable bonds is 2. The lowest BCUT2D eigenvalue weighted by molar-refractivity contribution is -0.0328. The summed E-state index contributed by atoms with van der Waals surface area (Å²) in [4.78, 5) is 10.6. The Labute approximate surface area is 98.9 Å². The normalized spacial score (nSPS) is 11.0. The molecular weight excluding hydrogens is 255 g/mol. The van der Waals surface area contributed by atoms with Gasteiger partial charge in [-0.2, -0.15) is 18.4 Å². The molecule has 0 aliphatic rings. The van der Waals surface area contributed by atoms with Gasteiger partial charge in [0.15, 0.2) is 0 Å². The molecule has 1 aromatic carbocycles. The first-order valence-electron chi connectivity index (χ1n) is 4.28. The van der Waals surface area contributed by atoms with Crippen LogP contribution in [0.5, 0.6) is 0 Å². The van der Waals surface area contributed by atoms with E-state index in [0.717, 1.165) is 12.1 Å². The number of thioether (sulfide) groups is 1. The van der Waals surface area contributed by atoms with Crippen LogP contribution >= 0.6 is 11.8 Å². The van der Waals surface area contributed by atoms with Crippen LogP contribution in [0.4, 0.5) is 13.2 Å². The molecule has 0 heterocycles. The fourth-order valence-corrected chi connectivity index (χ4v) is 1.94. The third-order valence-electron chi connectivity index (χ3n) is 1.88. The number of nitriles is 1. The zero-order valence-electron chi connectivity index (χ0n) is 8.50. The number of hydrogen-bond donors (Lipinski definition) is 1. The fraction of sp³-hybridized carbons (Fsp3) is 0.200. The summed E-state index contributed by atoms with van der Waals surface area (Å²) in [5.41, 5.74) is -4.82. The average molecular weight is 261 g/mol. The van der Waals surface area contributed by atoms with Gasteiger partial charge < -0.3 is 5.11 Å². The van der Waals surface area contributed by atoms with Crippen molar-refractivity contribution in [3.8, 4) is 6.07 Å². The number of carboxylic acid groups (broad SMARTS) is 1. The largest absolute Gasteiger partial charge is 0.478 e. The summed E-state index contributed by atoms with van der Waals surface area (Å²) < 4.78 is 36.4. The van der Waals surface area contributed by atoms with Crippen LogP contribution in [0, 0.1) is 18.3 Å². The van der Waals surface area contributed by atoms with Crippen molar-refractivity contribution in [1.82, 2.24) is 0 Å². The van der Waals surface area contributed by atoms with E-state index in [1.165, 1.54) is 6.92 Å². The van der Waals surface area contributed by atoms with Crippen LogP contribution < -0.4 is 0 Å². The molecule has 0 aliphatic carbocycles. The second kappa shape index (κ2) is 4.67. The summed E-state index contributed by atoms with van der Waals surface area (Å²) in [5, 5.41) is 17.5. The zero-order chi connectivity index (χ0) is 13.2. The van der Waals surface area contributed by atoms with Crippen LogP contribution in [0.25, 0.3) is 0 Å². The van der Waals surface area contributed by atoms with Gasteiger partial charge in [-0.1, -0.05) is 0 Å². The molecule has 3 nitrogen and oxygen atoms in total. The molecule has 0 spiro atoms. The lowest BCUT2D eigenvalue weighted by Crippen LogP contribution is -2.05. The maximum atomic E-state index is 12.1. The minimum Gasteiger partial charge on any atom is -0.478 e. The lowest BCUT2D eigenvalue weighted by atomic mass is 10.0. The zero-order valence-corrected chi connectivity index (χ0v) is 9.32. The number of hydrogen-bond acceptors (Lipinski definition) is 3. The average Bonchev–Trinajstić information content (AvgIpc) is 2.13. The molecule has 0 atom stereocenters. The molecule has 0 aromatic heterocycles. The molecule has 0 fully saturated rings. The highest BCUT2D eigenvalue weighted by molar-refractivity contribution is 8.00. The summed E-state index contributed by atoms with van der Waals surface area (Å²) in [6.07, 6.45) is 0. The standard InChI is InChI=1S/C10H6F3NO2S/c1-5-2-6(17-10(11,12)13)3-7(9(15)16)8(5)4-14/h2-3H,1H3,(H,15,16). The van der Waals surface area contributed by atoms with Crippen molar-refractivity contribution >= 4 is 17.7 Å². The number of nitrogens with zero attached hydrogens (tertiary/aromatic N) is 1. The second-order valence-electron chi connectivity index (χ2n) is 3.13. The Morgan fingerprint density at radius 1 is 1.47 bits per heavy atom. The molecule has 0 amide bonds. The first-order valence-corrected chi connectivity index (χ1v) is 5.10. The van der Waals surface area contributed by atoms with Gasteiger partial charge in [0.25, 0.3) is 0 Å². The van der Waals surface area contributed by atoms with Crippen molar-refractivity contribution in [2.24, 2.45) is 0 Å². The van der Waals surface area contributed by atoms with Gasteiger partial charge in [0.1, 0.15) is 6.07 Å². The second-order valence-corrected chi connectivity index (χ2v) is 4.27. The summed E-state index contributed by atoms with van der Waals surface area (Å²) in [6, 6.07) is 3.66. The van der Waals surface area contributed by atoms with Gasteiger partial charge in [-0.25, -0.2) is 4.79 Å². The fourth-order valence-electron chi connectivity index (χ4n) is 1.26. The highest BCUT2D eigenvalue weighted by atomic mass is 32.2. The molecule has 0 unspecified atom stereocenters. The van der Waals surface area contributed by atoms with E-state index < -0.39 is 28.8 Å². The Balaban J connectivity index is 3.31. The van der Waals surface area contributed by atoms with Gasteiger partial charge in [-0.05, 0) is 36.4 Å². The van der Waals surface area contributed by atoms with Crippen LogP contribution in [0.1, 0.15) is 21.5 Å². The molecule has 0 saturated heterocycles. The Morgan fingerprint density at radius 2 is 2.06 bits per heavy atom. The Hall–Kier alpha value is -1.68. The Kier molecular flexibility index (Phi) is 3.68. The molecule has 17 heavy (non-hydrogen) atoms. The maximum absolute atomic E-state index is 12.1. The maximum Gasteiger partial charge on any atom is 0.446 e. The van der Waals surface area contributed by atoms with Gasteiger partial charge in [0, 0.05) is 4.90 Å². The quantitative estimate of drug-likeness (QED) is 0.830. The number of halogens is 3. The van der Waals surface area contributed by atoms with Gasteiger partial charge in [0.2, 0.25) is 0 Å². The van der Waals surface area contributed by atoms with Gasteiger partial charge in [-0.15, -0.1) is 0 Å². The van der Waals surface area contributed by atoms with Crippen molar-refractivity contribution < 1.29 is 23.1 Å². The van der Waals surface area contributed by atoms with Crippen LogP contribution in [-0.2, 0) is 0 Å². The van der Waals surface area contributed by atoms with E-state index in [4.69, 9.17) is 10.4 Å². The topological polar surface area (TPSA) is 61.1 Å². The van der Waals surface area contributed by atoms with Crippen LogP contribution in [0.15, 0.2) is 17.0 Å². The van der Waals surface area contributed by atoms with Crippen molar-refractivity contribution in [1.29, 1.82) is 5.26 Å². The molecule has 0 saturated carbocycles. The molecule has 1 N–H and O–H groups in total. The molecule has 1 aromatic rings. The number of benzene rings is 1. The minimum atomic E-state index is -4.49. The van der Waals surface area contributed by atoms with Crippen LogP contribution in [-0.4, -0.2) is 16.6 Å². The van der Waals surface area contributed by atoms with Crippen molar-refractivity contribution in [3.05, 3.63) is 28.8 Å². The Bertz CT molecular complexity index is 505. The number of carbonyl (C=O) groups is 1. The molecule has 7 heteroatoms. The van der Waals surface area contributed by atoms with Gasteiger partial charge in [-0.3, -0.25) is 0 Å². The predicted octanol–water partition coefficient (Wildman–Crippen LogP) is 3.18. The molecular formula is C10H6F3NO2S. The smallest absolute Gasteiger partial charge is 0.446 e. The van der Waals surface area contributed by atoms with E-state index in [2.05, 4.69) is 0 Å². The summed E-state index contributed by atoms with van der Waals surface area (Å²) in [5.74, 6) is -1.42. The molecule has 90 valence electrons. The van der Waals surface area contributed by atoms with E-state index in [-0.39, 0.29) is 16.0 Å². The highest BCUT2D eigenvalue weighted by Gasteiger charge is 2.30. The Morgan fingerprint density at radius 3 is 2.47 bits per heavy atom. The van der Waals surface area contributed by atoms with E-state index in [9.17, 15) is 18.0 Å². The van der Waals surface area contributed by atoms with Crippen molar-refractivity contribution in [2.45, 2.75) is 17.3 Å². The van der Waals surface area contributed by atoms with Crippen molar-refractivity contribution in [3.63, 3.8) is 0 Å². The van der Waals surface area contributed by atoms with Crippen LogP contribution in [0.3, 0.4) is 0 Å². The van der Waals surface area contributed by atoms with E-state index >= 15 is 0 Å². The van der Waals surface area contributed by atoms with E-state index in [0.29, 0.717) is 0 Å². The van der Waals surface area contributed by atoms with Crippen LogP contribution in [0.2, 0.25) is 0 Å². The summed E-state index contributed by atoms with van der Waals surface area (Å²) in [7, 11) is 0. The monoisotopic (exact) mass is 261 g/mol. The molecule has 0 radical (unpaired) electrons. The SMILES string of the molecule is Cc1cc(SC(F)(F)F)cc(C(=O)O)c1C#N. The molecule has 0 bridgehead atoms. The number of carboxylic acids is 1. The van der Waals surface area contributed by atoms with Crippen molar-refractivity contribution in [2.75, 3.05) is 0 Å². The molecule has 0 aliphatic heterocycles. The van der Waals surface area contributed by atoms with Gasteiger partial charge in [0.05, 0.1) is 11.1 Å². The lowest BCUT2D eigenvalue weighted by Gasteiger charge is -2.09. The summed E-state index contributed by atoms with van der Waals surface area (Å²) >= 11 is -0.407. The highest BCUT2D eigenvalue weighted by Crippen LogP contribution is 2.38. The number of aryl methyl sites for hydroxylation is 1. The number of aromatic carboxylic acids is 1. The van der Waals surface area contributed by atoms with E-state index in [1.807, 2.05) is 0 Å². The predicted molar refractivity (Wildman–Crippen MR) is 54.8 cm³/mol. The molecule has 1 rings (SSSR count). The third kappa shape index (κ3) is 3.39. The minimum absolute atomic E-state index is 0.121. The van der Waals surface area contributed by atoms with E-state index in [1.54, 1.807) is 6.07 Å². The number of alkyl halides is 3. The summed E-state index contributed by atoms with van der Waals surface area (Å²) in [6.45, 7) is 1.39. The first kappa shape index (κ1) is 13.4. The van der Waals surface area contributed by atoms with Gasteiger partial charge >= 0.3 is 11.5 Å². The third-order valence-corrected chi connectivity index (χ3v) is 2.59.